The van der Waals surface area contributed by atoms with Crippen LogP contribution in [-0.4, -0.2) is 32.4 Å². The van der Waals surface area contributed by atoms with Gasteiger partial charge in [-0.1, -0.05) is 6.07 Å². The molecule has 0 aliphatic heterocycles. The summed E-state index contributed by atoms with van der Waals surface area (Å²) in [4.78, 5) is 0. The van der Waals surface area contributed by atoms with Crippen LogP contribution >= 0.6 is 11.3 Å². The lowest BCUT2D eigenvalue weighted by molar-refractivity contribution is 0.395. The van der Waals surface area contributed by atoms with Gasteiger partial charge in [-0.15, -0.1) is 11.3 Å². The van der Waals surface area contributed by atoms with Crippen LogP contribution in [0.4, 0.5) is 0 Å². The highest BCUT2D eigenvalue weighted by molar-refractivity contribution is 7.91. The Kier molecular flexibility index (Phi) is 3.65. The van der Waals surface area contributed by atoms with Crippen LogP contribution in [0.5, 0.6) is 0 Å². The quantitative estimate of drug-likeness (QED) is 0.834. The first-order valence-electron chi connectivity index (χ1n) is 4.21. The third-order valence-corrected chi connectivity index (χ3v) is 5.44. The van der Waals surface area contributed by atoms with Crippen molar-refractivity contribution in [3.63, 3.8) is 0 Å². The summed E-state index contributed by atoms with van der Waals surface area (Å²) in [5, 5.41) is 1.74. The van der Waals surface area contributed by atoms with Gasteiger partial charge in [0.05, 0.1) is 0 Å². The Morgan fingerprint density at radius 2 is 2.29 bits per heavy atom. The van der Waals surface area contributed by atoms with Crippen LogP contribution in [0.15, 0.2) is 21.7 Å². The molecule has 1 atom stereocenters. The van der Waals surface area contributed by atoms with Crippen LogP contribution < -0.4 is 5.73 Å². The number of thiophene rings is 1. The average molecular weight is 234 g/mol. The molecule has 0 aromatic carbocycles. The van der Waals surface area contributed by atoms with Crippen molar-refractivity contribution in [1.82, 2.24) is 4.31 Å². The molecule has 0 amide bonds. The van der Waals surface area contributed by atoms with Crippen LogP contribution in [0.3, 0.4) is 0 Å². The first-order chi connectivity index (χ1) is 6.50. The van der Waals surface area contributed by atoms with Crippen molar-refractivity contribution in [2.75, 3.05) is 13.6 Å². The van der Waals surface area contributed by atoms with Crippen molar-refractivity contribution in [2.45, 2.75) is 17.2 Å². The molecular weight excluding hydrogens is 220 g/mol. The normalized spacial score (nSPS) is 14.6. The van der Waals surface area contributed by atoms with Gasteiger partial charge in [0.25, 0.3) is 10.0 Å². The van der Waals surface area contributed by atoms with Crippen molar-refractivity contribution in [3.05, 3.63) is 17.5 Å². The molecule has 0 saturated carbocycles. The fourth-order valence-electron chi connectivity index (χ4n) is 0.938. The Balaban J connectivity index is 2.97. The predicted octanol–water partition coefficient (Wildman–Crippen LogP) is 0.716. The van der Waals surface area contributed by atoms with Crippen LogP contribution in [0.1, 0.15) is 6.92 Å². The van der Waals surface area contributed by atoms with E-state index in [0.717, 1.165) is 0 Å². The Bertz CT molecular complexity index is 372. The van der Waals surface area contributed by atoms with Gasteiger partial charge in [-0.25, -0.2) is 8.42 Å². The van der Waals surface area contributed by atoms with Crippen LogP contribution in [0, 0.1) is 0 Å². The maximum atomic E-state index is 11.9. The minimum absolute atomic E-state index is 0.179. The van der Waals surface area contributed by atoms with Crippen molar-refractivity contribution in [3.8, 4) is 0 Å². The SMILES string of the molecule is CC(CN)N(C)S(=O)(=O)c1cccs1. The van der Waals surface area contributed by atoms with E-state index in [2.05, 4.69) is 0 Å². The summed E-state index contributed by atoms with van der Waals surface area (Å²) in [6, 6.07) is 3.14. The second kappa shape index (κ2) is 4.39. The number of likely N-dealkylation sites (N-methyl/N-ethyl adjacent to an activating group) is 1. The molecule has 14 heavy (non-hydrogen) atoms. The summed E-state index contributed by atoms with van der Waals surface area (Å²) < 4.78 is 25.4. The van der Waals surface area contributed by atoms with E-state index in [1.807, 2.05) is 0 Å². The van der Waals surface area contributed by atoms with Gasteiger partial charge in [-0.2, -0.15) is 4.31 Å². The smallest absolute Gasteiger partial charge is 0.252 e. The van der Waals surface area contributed by atoms with E-state index >= 15 is 0 Å². The summed E-state index contributed by atoms with van der Waals surface area (Å²) in [5.41, 5.74) is 5.42. The molecular formula is C8H14N2O2S2. The molecule has 80 valence electrons. The molecule has 1 aromatic heterocycles. The zero-order valence-corrected chi connectivity index (χ0v) is 9.81. The van der Waals surface area contributed by atoms with Crippen LogP contribution in [0.2, 0.25) is 0 Å². The maximum absolute atomic E-state index is 11.9. The van der Waals surface area contributed by atoms with Crippen molar-refractivity contribution in [2.24, 2.45) is 5.73 Å². The second-order valence-electron chi connectivity index (χ2n) is 3.04. The summed E-state index contributed by atoms with van der Waals surface area (Å²) in [7, 11) is -1.79. The minimum Gasteiger partial charge on any atom is -0.329 e. The zero-order chi connectivity index (χ0) is 10.8. The molecule has 1 rings (SSSR count). The Morgan fingerprint density at radius 1 is 1.64 bits per heavy atom. The third-order valence-electron chi connectivity index (χ3n) is 2.09. The van der Waals surface area contributed by atoms with Gasteiger partial charge in [0.2, 0.25) is 0 Å². The summed E-state index contributed by atoms with van der Waals surface area (Å²) >= 11 is 1.22. The second-order valence-corrected chi connectivity index (χ2v) is 6.21. The molecule has 0 aliphatic carbocycles. The molecule has 2 N–H and O–H groups in total. The molecule has 1 unspecified atom stereocenters. The maximum Gasteiger partial charge on any atom is 0.252 e. The molecule has 0 bridgehead atoms. The highest BCUT2D eigenvalue weighted by Crippen LogP contribution is 2.20. The highest BCUT2D eigenvalue weighted by Gasteiger charge is 2.25. The first-order valence-corrected chi connectivity index (χ1v) is 6.53. The molecule has 0 spiro atoms. The van der Waals surface area contributed by atoms with Crippen LogP contribution in [0.25, 0.3) is 0 Å². The lowest BCUT2D eigenvalue weighted by Crippen LogP contribution is -2.39. The van der Waals surface area contributed by atoms with Gasteiger partial charge >= 0.3 is 0 Å². The number of nitrogens with zero attached hydrogens (tertiary/aromatic N) is 1. The van der Waals surface area contributed by atoms with Crippen molar-refractivity contribution < 1.29 is 8.42 Å². The van der Waals surface area contributed by atoms with Gasteiger partial charge in [-0.05, 0) is 18.4 Å². The third kappa shape index (κ3) is 2.14. The van der Waals surface area contributed by atoms with Crippen LogP contribution in [-0.2, 0) is 10.0 Å². The summed E-state index contributed by atoms with van der Waals surface area (Å²) in [5.74, 6) is 0. The monoisotopic (exact) mass is 234 g/mol. The van der Waals surface area contributed by atoms with E-state index in [9.17, 15) is 8.42 Å². The lowest BCUT2D eigenvalue weighted by Gasteiger charge is -2.21. The van der Waals surface area contributed by atoms with Crippen molar-refractivity contribution in [1.29, 1.82) is 0 Å². The molecule has 0 radical (unpaired) electrons. The fraction of sp³-hybridized carbons (Fsp3) is 0.500. The summed E-state index contributed by atoms with van der Waals surface area (Å²) in [6.45, 7) is 2.10. The topological polar surface area (TPSA) is 63.4 Å². The number of nitrogens with two attached hydrogens (primary N) is 1. The van der Waals surface area contributed by atoms with Crippen molar-refractivity contribution >= 4 is 21.4 Å². The van der Waals surface area contributed by atoms with Gasteiger partial charge in [0, 0.05) is 19.6 Å². The Labute approximate surface area is 88.4 Å². The van der Waals surface area contributed by atoms with E-state index in [0.29, 0.717) is 10.8 Å². The average Bonchev–Trinajstić information content (AvgIpc) is 2.68. The molecule has 0 saturated heterocycles. The van der Waals surface area contributed by atoms with E-state index in [1.165, 1.54) is 15.6 Å². The first kappa shape index (κ1) is 11.6. The number of sulfonamides is 1. The number of hydrogen-bond donors (Lipinski definition) is 1. The zero-order valence-electron chi connectivity index (χ0n) is 8.17. The van der Waals surface area contributed by atoms with Gasteiger partial charge in [0.1, 0.15) is 4.21 Å². The number of rotatable bonds is 4. The lowest BCUT2D eigenvalue weighted by atomic mass is 10.4. The minimum atomic E-state index is -3.34. The Morgan fingerprint density at radius 3 is 2.71 bits per heavy atom. The molecule has 0 fully saturated rings. The highest BCUT2D eigenvalue weighted by atomic mass is 32.2. The van der Waals surface area contributed by atoms with Gasteiger partial charge in [0.15, 0.2) is 0 Å². The predicted molar refractivity (Wildman–Crippen MR) is 57.8 cm³/mol. The molecule has 6 heteroatoms. The summed E-state index contributed by atoms with van der Waals surface area (Å²) in [6.07, 6.45) is 0. The van der Waals surface area contributed by atoms with Gasteiger partial charge in [-0.3, -0.25) is 0 Å². The standard InChI is InChI=1S/C8H14N2O2S2/c1-7(6-9)10(2)14(11,12)8-4-3-5-13-8/h3-5,7H,6,9H2,1-2H3. The van der Waals surface area contributed by atoms with E-state index in [-0.39, 0.29) is 6.04 Å². The van der Waals surface area contributed by atoms with E-state index < -0.39 is 10.0 Å². The fourth-order valence-corrected chi connectivity index (χ4v) is 3.49. The van der Waals surface area contributed by atoms with Gasteiger partial charge < -0.3 is 5.73 Å². The molecule has 0 aliphatic rings. The van der Waals surface area contributed by atoms with E-state index in [1.54, 1.807) is 31.5 Å². The molecule has 1 heterocycles. The largest absolute Gasteiger partial charge is 0.329 e. The Hall–Kier alpha value is -0.430. The number of hydrogen-bond acceptors (Lipinski definition) is 4. The van der Waals surface area contributed by atoms with E-state index in [4.69, 9.17) is 5.73 Å². The molecule has 1 aromatic rings. The molecule has 4 nitrogen and oxygen atoms in total.